The molecule has 1 aromatic rings. The van der Waals surface area contributed by atoms with Crippen molar-refractivity contribution in [1.29, 1.82) is 0 Å². The van der Waals surface area contributed by atoms with Gasteiger partial charge in [-0.3, -0.25) is 0 Å². The molecule has 2 rings (SSSR count). The van der Waals surface area contributed by atoms with E-state index in [1.807, 2.05) is 30.3 Å². The van der Waals surface area contributed by atoms with Gasteiger partial charge in [-0.15, -0.1) is 0 Å². The van der Waals surface area contributed by atoms with Gasteiger partial charge >= 0.3 is 0 Å². The zero-order valence-electron chi connectivity index (χ0n) is 7.48. The first-order valence-corrected chi connectivity index (χ1v) is 4.69. The fourth-order valence-electron chi connectivity index (χ4n) is 2.03. The zero-order valence-corrected chi connectivity index (χ0v) is 7.48. The molecule has 0 aliphatic heterocycles. The molecule has 0 spiro atoms. The molecule has 1 aliphatic carbocycles. The summed E-state index contributed by atoms with van der Waals surface area (Å²) in [6, 6.07) is 9.42. The molecule has 2 heteroatoms. The maximum Gasteiger partial charge on any atom is 0.115 e. The molecule has 0 bridgehead atoms. The standard InChI is InChI=1S/C11H14O2/c12-10-7-4-8-11(10,13)9-5-2-1-3-6-9/h1-3,5-6,10,12-13H,4,7-8H2/t10-,11+/m1/s1. The minimum Gasteiger partial charge on any atom is -0.390 e. The Balaban J connectivity index is 2.34. The zero-order chi connectivity index (χ0) is 9.31. The third kappa shape index (κ3) is 1.36. The van der Waals surface area contributed by atoms with Gasteiger partial charge in [-0.2, -0.15) is 0 Å². The molecule has 2 nitrogen and oxygen atoms in total. The predicted molar refractivity (Wildman–Crippen MR) is 50.2 cm³/mol. The van der Waals surface area contributed by atoms with E-state index in [2.05, 4.69) is 0 Å². The first-order valence-electron chi connectivity index (χ1n) is 4.69. The highest BCUT2D eigenvalue weighted by Gasteiger charge is 2.41. The van der Waals surface area contributed by atoms with Crippen LogP contribution in [0.5, 0.6) is 0 Å². The molecule has 0 radical (unpaired) electrons. The van der Waals surface area contributed by atoms with Gasteiger partial charge in [0.1, 0.15) is 5.60 Å². The van der Waals surface area contributed by atoms with Gasteiger partial charge in [0.15, 0.2) is 0 Å². The molecule has 2 N–H and O–H groups in total. The van der Waals surface area contributed by atoms with Crippen LogP contribution in [0.2, 0.25) is 0 Å². The van der Waals surface area contributed by atoms with Gasteiger partial charge in [0, 0.05) is 0 Å². The van der Waals surface area contributed by atoms with Crippen molar-refractivity contribution in [2.45, 2.75) is 31.0 Å². The maximum atomic E-state index is 10.2. The minimum atomic E-state index is -0.999. The van der Waals surface area contributed by atoms with Crippen LogP contribution in [0.4, 0.5) is 0 Å². The highest BCUT2D eigenvalue weighted by Crippen LogP contribution is 2.38. The monoisotopic (exact) mass is 178 g/mol. The summed E-state index contributed by atoms with van der Waals surface area (Å²) in [5, 5.41) is 19.8. The van der Waals surface area contributed by atoms with Crippen molar-refractivity contribution in [3.8, 4) is 0 Å². The Bertz CT molecular complexity index is 283. The van der Waals surface area contributed by atoms with E-state index in [0.29, 0.717) is 12.8 Å². The van der Waals surface area contributed by atoms with E-state index in [0.717, 1.165) is 12.0 Å². The molecule has 0 unspecified atom stereocenters. The molecule has 1 aliphatic rings. The molecule has 0 saturated heterocycles. The molecule has 0 heterocycles. The summed E-state index contributed by atoms with van der Waals surface area (Å²) in [5.74, 6) is 0. The van der Waals surface area contributed by atoms with Crippen LogP contribution in [0, 0.1) is 0 Å². The summed E-state index contributed by atoms with van der Waals surface area (Å²) in [6.45, 7) is 0. The Morgan fingerprint density at radius 2 is 1.92 bits per heavy atom. The Labute approximate surface area is 77.8 Å². The van der Waals surface area contributed by atoms with E-state index in [4.69, 9.17) is 0 Å². The summed E-state index contributed by atoms with van der Waals surface area (Å²) in [5.41, 5.74) is -0.165. The van der Waals surface area contributed by atoms with Crippen molar-refractivity contribution in [3.63, 3.8) is 0 Å². The van der Waals surface area contributed by atoms with Gasteiger partial charge in [-0.25, -0.2) is 0 Å². The fraction of sp³-hybridized carbons (Fsp3) is 0.455. The van der Waals surface area contributed by atoms with Gasteiger partial charge in [-0.05, 0) is 24.8 Å². The summed E-state index contributed by atoms with van der Waals surface area (Å²) < 4.78 is 0. The number of aliphatic hydroxyl groups excluding tert-OH is 1. The van der Waals surface area contributed by atoms with E-state index in [-0.39, 0.29) is 0 Å². The molecule has 70 valence electrons. The number of benzene rings is 1. The first kappa shape index (κ1) is 8.73. The number of hydrogen-bond acceptors (Lipinski definition) is 2. The second-order valence-electron chi connectivity index (χ2n) is 3.70. The average Bonchev–Trinajstić information content (AvgIpc) is 2.50. The molecular formula is C11H14O2. The summed E-state index contributed by atoms with van der Waals surface area (Å²) in [6.07, 6.45) is 1.66. The molecule has 13 heavy (non-hydrogen) atoms. The molecule has 0 amide bonds. The number of rotatable bonds is 1. The van der Waals surface area contributed by atoms with Crippen LogP contribution in [-0.4, -0.2) is 16.3 Å². The number of aliphatic hydroxyl groups is 2. The topological polar surface area (TPSA) is 40.5 Å². The SMILES string of the molecule is O[C@@H]1CCC[C@]1(O)c1ccccc1. The van der Waals surface area contributed by atoms with E-state index in [1.54, 1.807) is 0 Å². The van der Waals surface area contributed by atoms with Crippen LogP contribution in [0.25, 0.3) is 0 Å². The van der Waals surface area contributed by atoms with Gasteiger partial charge < -0.3 is 10.2 Å². The van der Waals surface area contributed by atoms with Gasteiger partial charge in [0.25, 0.3) is 0 Å². The van der Waals surface area contributed by atoms with Crippen molar-refractivity contribution in [2.24, 2.45) is 0 Å². The second kappa shape index (κ2) is 3.13. The minimum absolute atomic E-state index is 0.602. The van der Waals surface area contributed by atoms with Gasteiger partial charge in [0.2, 0.25) is 0 Å². The summed E-state index contributed by atoms with van der Waals surface area (Å²) >= 11 is 0. The van der Waals surface area contributed by atoms with Crippen molar-refractivity contribution in [3.05, 3.63) is 35.9 Å². The van der Waals surface area contributed by atoms with Crippen LogP contribution in [-0.2, 0) is 5.60 Å². The Hall–Kier alpha value is -0.860. The Morgan fingerprint density at radius 1 is 1.23 bits per heavy atom. The molecule has 2 atom stereocenters. The third-order valence-corrected chi connectivity index (χ3v) is 2.86. The first-order chi connectivity index (χ1) is 6.23. The van der Waals surface area contributed by atoms with Crippen molar-refractivity contribution in [1.82, 2.24) is 0 Å². The Morgan fingerprint density at radius 3 is 2.46 bits per heavy atom. The molecule has 1 fully saturated rings. The summed E-state index contributed by atoms with van der Waals surface area (Å²) in [7, 11) is 0. The average molecular weight is 178 g/mol. The van der Waals surface area contributed by atoms with E-state index in [1.165, 1.54) is 0 Å². The lowest BCUT2D eigenvalue weighted by Gasteiger charge is -2.26. The van der Waals surface area contributed by atoms with Crippen LogP contribution < -0.4 is 0 Å². The fourth-order valence-corrected chi connectivity index (χ4v) is 2.03. The predicted octanol–water partition coefficient (Wildman–Crippen LogP) is 1.42. The normalized spacial score (nSPS) is 33.5. The van der Waals surface area contributed by atoms with Crippen LogP contribution in [0.1, 0.15) is 24.8 Å². The smallest absolute Gasteiger partial charge is 0.115 e. The van der Waals surface area contributed by atoms with E-state index >= 15 is 0 Å². The van der Waals surface area contributed by atoms with Crippen LogP contribution in [0.15, 0.2) is 30.3 Å². The largest absolute Gasteiger partial charge is 0.390 e. The van der Waals surface area contributed by atoms with E-state index in [9.17, 15) is 10.2 Å². The number of hydrogen-bond donors (Lipinski definition) is 2. The van der Waals surface area contributed by atoms with Gasteiger partial charge in [0.05, 0.1) is 6.10 Å². The quantitative estimate of drug-likeness (QED) is 0.682. The van der Waals surface area contributed by atoms with Gasteiger partial charge in [-0.1, -0.05) is 30.3 Å². The lowest BCUT2D eigenvalue weighted by molar-refractivity contribution is -0.0579. The van der Waals surface area contributed by atoms with Crippen LogP contribution >= 0.6 is 0 Å². The lowest BCUT2D eigenvalue weighted by Crippen LogP contribution is -2.34. The third-order valence-electron chi connectivity index (χ3n) is 2.86. The van der Waals surface area contributed by atoms with Crippen molar-refractivity contribution in [2.75, 3.05) is 0 Å². The van der Waals surface area contributed by atoms with E-state index < -0.39 is 11.7 Å². The molecule has 1 aromatic carbocycles. The molecular weight excluding hydrogens is 164 g/mol. The van der Waals surface area contributed by atoms with Crippen LogP contribution in [0.3, 0.4) is 0 Å². The molecule has 1 saturated carbocycles. The highest BCUT2D eigenvalue weighted by atomic mass is 16.3. The Kier molecular flexibility index (Phi) is 2.10. The van der Waals surface area contributed by atoms with Crippen molar-refractivity contribution >= 4 is 0 Å². The van der Waals surface area contributed by atoms with Crippen molar-refractivity contribution < 1.29 is 10.2 Å². The second-order valence-corrected chi connectivity index (χ2v) is 3.70. The molecule has 0 aromatic heterocycles. The highest BCUT2D eigenvalue weighted by molar-refractivity contribution is 5.24. The summed E-state index contributed by atoms with van der Waals surface area (Å²) in [4.78, 5) is 0. The lowest BCUT2D eigenvalue weighted by atomic mass is 9.90. The maximum absolute atomic E-state index is 10.2.